The molecular weight excluding hydrogens is 432 g/mol. The largest absolute Gasteiger partial charge is 0.490 e. The van der Waals surface area contributed by atoms with E-state index in [1.165, 1.54) is 0 Å². The van der Waals surface area contributed by atoms with Crippen LogP contribution in [0.15, 0.2) is 36.4 Å². The third-order valence-corrected chi connectivity index (χ3v) is 5.35. The normalized spacial score (nSPS) is 15.6. The van der Waals surface area contributed by atoms with E-state index in [4.69, 9.17) is 25.8 Å². The van der Waals surface area contributed by atoms with E-state index in [2.05, 4.69) is 5.32 Å². The van der Waals surface area contributed by atoms with E-state index < -0.39 is 5.92 Å². The van der Waals surface area contributed by atoms with Crippen molar-refractivity contribution in [3.63, 3.8) is 0 Å². The Morgan fingerprint density at radius 3 is 2.19 bits per heavy atom. The van der Waals surface area contributed by atoms with Crippen LogP contribution < -0.4 is 24.4 Å². The van der Waals surface area contributed by atoms with Gasteiger partial charge in [-0.3, -0.25) is 9.59 Å². The maximum Gasteiger partial charge on any atom is 0.239 e. The van der Waals surface area contributed by atoms with Crippen LogP contribution in [-0.4, -0.2) is 38.2 Å². The van der Waals surface area contributed by atoms with E-state index >= 15 is 0 Å². The van der Waals surface area contributed by atoms with Crippen molar-refractivity contribution in [3.05, 3.63) is 47.0 Å². The van der Waals surface area contributed by atoms with Gasteiger partial charge in [0.1, 0.15) is 5.92 Å². The second-order valence-corrected chi connectivity index (χ2v) is 7.68. The summed E-state index contributed by atoms with van der Waals surface area (Å²) >= 11 is 5.93. The summed E-state index contributed by atoms with van der Waals surface area (Å²) in [5, 5.41) is 3.48. The Kier molecular flexibility index (Phi) is 8.22. The first-order valence-corrected chi connectivity index (χ1v) is 11.3. The van der Waals surface area contributed by atoms with Crippen molar-refractivity contribution < 1.29 is 23.8 Å². The second kappa shape index (κ2) is 11.1. The number of carbonyl (C=O) groups is 2. The number of anilines is 1. The quantitative estimate of drug-likeness (QED) is 0.537. The molecule has 2 aromatic rings. The monoisotopic (exact) mass is 460 g/mol. The molecule has 0 saturated carbocycles. The van der Waals surface area contributed by atoms with Crippen molar-refractivity contribution in [3.8, 4) is 17.2 Å². The van der Waals surface area contributed by atoms with Crippen LogP contribution in [0.2, 0.25) is 5.02 Å². The molecule has 3 rings (SSSR count). The fourth-order valence-electron chi connectivity index (χ4n) is 3.66. The van der Waals surface area contributed by atoms with E-state index in [1.54, 1.807) is 29.2 Å². The number of rotatable bonds is 10. The highest BCUT2D eigenvalue weighted by atomic mass is 35.5. The van der Waals surface area contributed by atoms with Gasteiger partial charge in [0.2, 0.25) is 17.6 Å². The first kappa shape index (κ1) is 23.7. The zero-order valence-electron chi connectivity index (χ0n) is 18.7. The molecule has 8 heteroatoms. The van der Waals surface area contributed by atoms with Crippen LogP contribution in [0.5, 0.6) is 17.2 Å². The number of halogens is 1. The smallest absolute Gasteiger partial charge is 0.239 e. The van der Waals surface area contributed by atoms with Crippen LogP contribution in [0.4, 0.5) is 5.69 Å². The maximum atomic E-state index is 12.8. The predicted molar refractivity (Wildman–Crippen MR) is 124 cm³/mol. The molecule has 1 aliphatic heterocycles. The number of nitrogens with zero attached hydrogens (tertiary/aromatic N) is 1. The zero-order valence-corrected chi connectivity index (χ0v) is 19.4. The number of ether oxygens (including phenoxy) is 3. The third kappa shape index (κ3) is 5.46. The van der Waals surface area contributed by atoms with Gasteiger partial charge in [0.05, 0.1) is 19.8 Å². The number of carbonyl (C=O) groups excluding carboxylic acids is 2. The summed E-state index contributed by atoms with van der Waals surface area (Å²) in [6.07, 6.45) is 0.463. The van der Waals surface area contributed by atoms with Crippen LogP contribution in [0, 0.1) is 5.92 Å². The molecule has 1 aliphatic rings. The van der Waals surface area contributed by atoms with Crippen LogP contribution in [0.3, 0.4) is 0 Å². The molecule has 1 heterocycles. The summed E-state index contributed by atoms with van der Waals surface area (Å²) in [5.74, 6) is 0.463. The number of benzene rings is 2. The molecule has 172 valence electrons. The Morgan fingerprint density at radius 2 is 1.62 bits per heavy atom. The van der Waals surface area contributed by atoms with Crippen molar-refractivity contribution in [1.29, 1.82) is 0 Å². The van der Waals surface area contributed by atoms with Crippen LogP contribution in [0.1, 0.15) is 32.8 Å². The summed E-state index contributed by atoms with van der Waals surface area (Å²) in [6.45, 7) is 7.83. The van der Waals surface area contributed by atoms with E-state index in [1.807, 2.05) is 32.9 Å². The SMILES string of the molecule is CCOc1cc(CNC(=O)C2CCN(c3ccc(Cl)cc3)C2=O)cc(OCC)c1OCC. The third-order valence-electron chi connectivity index (χ3n) is 5.10. The predicted octanol–water partition coefficient (Wildman–Crippen LogP) is 4.21. The van der Waals surface area contributed by atoms with Crippen molar-refractivity contribution in [2.24, 2.45) is 5.92 Å². The fraction of sp³-hybridized carbons (Fsp3) is 0.417. The van der Waals surface area contributed by atoms with Gasteiger partial charge in [-0.2, -0.15) is 0 Å². The summed E-state index contributed by atoms with van der Waals surface area (Å²) in [6, 6.07) is 10.7. The van der Waals surface area contributed by atoms with Crippen LogP contribution in [-0.2, 0) is 16.1 Å². The molecule has 0 radical (unpaired) electrons. The molecule has 2 amide bonds. The average molecular weight is 461 g/mol. The van der Waals surface area contributed by atoms with Gasteiger partial charge in [-0.1, -0.05) is 11.6 Å². The Labute approximate surface area is 193 Å². The molecule has 0 spiro atoms. The Morgan fingerprint density at radius 1 is 1.03 bits per heavy atom. The van der Waals surface area contributed by atoms with Gasteiger partial charge in [-0.05, 0) is 69.2 Å². The van der Waals surface area contributed by atoms with Gasteiger partial charge in [-0.25, -0.2) is 0 Å². The van der Waals surface area contributed by atoms with E-state index in [0.29, 0.717) is 55.1 Å². The Hall–Kier alpha value is -2.93. The summed E-state index contributed by atoms with van der Waals surface area (Å²) < 4.78 is 17.2. The molecule has 0 aromatic heterocycles. The summed E-state index contributed by atoms with van der Waals surface area (Å²) in [4.78, 5) is 27.2. The zero-order chi connectivity index (χ0) is 23.1. The standard InChI is InChI=1S/C24H29ClN2O5/c1-4-30-20-13-16(14-21(31-5-2)22(20)32-6-3)15-26-23(28)19-11-12-27(24(19)29)18-9-7-17(25)8-10-18/h7-10,13-14,19H,4-6,11-12,15H2,1-3H3,(H,26,28). The molecule has 1 fully saturated rings. The van der Waals surface area contributed by atoms with Crippen molar-refractivity contribution in [2.45, 2.75) is 33.7 Å². The highest BCUT2D eigenvalue weighted by Crippen LogP contribution is 2.39. The first-order chi connectivity index (χ1) is 15.5. The van der Waals surface area contributed by atoms with E-state index in [-0.39, 0.29) is 18.4 Å². The average Bonchev–Trinajstić information content (AvgIpc) is 3.16. The molecule has 1 unspecified atom stereocenters. The molecule has 2 aromatic carbocycles. The van der Waals surface area contributed by atoms with Crippen molar-refractivity contribution in [1.82, 2.24) is 5.32 Å². The van der Waals surface area contributed by atoms with Crippen molar-refractivity contribution >= 4 is 29.1 Å². The summed E-state index contributed by atoms with van der Waals surface area (Å²) in [7, 11) is 0. The van der Waals surface area contributed by atoms with Gasteiger partial charge < -0.3 is 24.4 Å². The van der Waals surface area contributed by atoms with E-state index in [0.717, 1.165) is 11.3 Å². The molecule has 7 nitrogen and oxygen atoms in total. The van der Waals surface area contributed by atoms with Gasteiger partial charge in [0.15, 0.2) is 11.5 Å². The Bertz CT molecular complexity index is 921. The highest BCUT2D eigenvalue weighted by molar-refractivity contribution is 6.30. The maximum absolute atomic E-state index is 12.8. The number of hydrogen-bond acceptors (Lipinski definition) is 5. The Balaban J connectivity index is 1.70. The minimum Gasteiger partial charge on any atom is -0.490 e. The van der Waals surface area contributed by atoms with Gasteiger partial charge in [0, 0.05) is 23.8 Å². The van der Waals surface area contributed by atoms with Gasteiger partial charge in [0.25, 0.3) is 0 Å². The molecule has 0 bridgehead atoms. The lowest BCUT2D eigenvalue weighted by molar-refractivity contribution is -0.132. The van der Waals surface area contributed by atoms with Gasteiger partial charge >= 0.3 is 0 Å². The molecule has 1 saturated heterocycles. The van der Waals surface area contributed by atoms with Crippen molar-refractivity contribution in [2.75, 3.05) is 31.3 Å². The van der Waals surface area contributed by atoms with E-state index in [9.17, 15) is 9.59 Å². The lowest BCUT2D eigenvalue weighted by Crippen LogP contribution is -2.36. The number of hydrogen-bond donors (Lipinski definition) is 1. The lowest BCUT2D eigenvalue weighted by Gasteiger charge is -2.18. The molecule has 1 atom stereocenters. The number of amides is 2. The minimum atomic E-state index is -0.717. The molecular formula is C24H29ClN2O5. The first-order valence-electron chi connectivity index (χ1n) is 10.9. The van der Waals surface area contributed by atoms with Crippen LogP contribution in [0.25, 0.3) is 0 Å². The molecule has 0 aliphatic carbocycles. The highest BCUT2D eigenvalue weighted by Gasteiger charge is 2.37. The topological polar surface area (TPSA) is 77.1 Å². The molecule has 1 N–H and O–H groups in total. The van der Waals surface area contributed by atoms with Crippen LogP contribution >= 0.6 is 11.6 Å². The summed E-state index contributed by atoms with van der Waals surface area (Å²) in [5.41, 5.74) is 1.54. The molecule has 32 heavy (non-hydrogen) atoms. The second-order valence-electron chi connectivity index (χ2n) is 7.25. The minimum absolute atomic E-state index is 0.207. The fourth-order valence-corrected chi connectivity index (χ4v) is 3.78. The van der Waals surface area contributed by atoms with Gasteiger partial charge in [-0.15, -0.1) is 0 Å². The lowest BCUT2D eigenvalue weighted by atomic mass is 10.1. The number of nitrogens with one attached hydrogen (secondary N) is 1.